The number of carbonyl (C=O) groups is 1. The summed E-state index contributed by atoms with van der Waals surface area (Å²) in [7, 11) is -2.22. The van der Waals surface area contributed by atoms with Crippen LogP contribution in [-0.4, -0.2) is 34.0 Å². The summed E-state index contributed by atoms with van der Waals surface area (Å²) in [6, 6.07) is 5.21. The third kappa shape index (κ3) is 4.20. The molecule has 1 aromatic rings. The molecule has 0 aromatic heterocycles. The normalized spacial score (nSPS) is 16.6. The Morgan fingerprint density at radius 3 is 2.45 bits per heavy atom. The van der Waals surface area contributed by atoms with E-state index in [1.165, 1.54) is 32.6 Å². The van der Waals surface area contributed by atoms with E-state index in [-0.39, 0.29) is 10.8 Å². The molecular weight excluding hydrogens is 304 g/mol. The van der Waals surface area contributed by atoms with Gasteiger partial charge in [-0.1, -0.05) is 6.42 Å². The van der Waals surface area contributed by atoms with Crippen molar-refractivity contribution in [3.63, 3.8) is 0 Å². The van der Waals surface area contributed by atoms with Gasteiger partial charge in [-0.25, -0.2) is 8.42 Å². The van der Waals surface area contributed by atoms with Crippen molar-refractivity contribution in [3.05, 3.63) is 24.3 Å². The molecule has 22 heavy (non-hydrogen) atoms. The molecule has 1 fully saturated rings. The van der Waals surface area contributed by atoms with Gasteiger partial charge in [-0.2, -0.15) is 4.72 Å². The van der Waals surface area contributed by atoms with E-state index in [0.717, 1.165) is 12.8 Å². The molecule has 0 radical (unpaired) electrons. The summed E-state index contributed by atoms with van der Waals surface area (Å²) >= 11 is 0. The Hall–Kier alpha value is -1.60. The van der Waals surface area contributed by atoms with Crippen molar-refractivity contribution in [2.24, 2.45) is 5.92 Å². The van der Waals surface area contributed by atoms with Crippen LogP contribution >= 0.6 is 0 Å². The van der Waals surface area contributed by atoms with Gasteiger partial charge >= 0.3 is 0 Å². The van der Waals surface area contributed by atoms with Crippen LogP contribution in [0.2, 0.25) is 0 Å². The first kappa shape index (κ1) is 16.8. The van der Waals surface area contributed by atoms with Crippen LogP contribution in [0.4, 0.5) is 0 Å². The predicted molar refractivity (Wildman–Crippen MR) is 83.1 cm³/mol. The summed E-state index contributed by atoms with van der Waals surface area (Å²) in [6.07, 6.45) is 3.47. The Morgan fingerprint density at radius 2 is 1.95 bits per heavy atom. The molecule has 0 saturated heterocycles. The Morgan fingerprint density at radius 1 is 1.32 bits per heavy atom. The van der Waals surface area contributed by atoms with Crippen LogP contribution in [0.1, 0.15) is 26.2 Å². The van der Waals surface area contributed by atoms with E-state index in [1.54, 1.807) is 12.1 Å². The fourth-order valence-electron chi connectivity index (χ4n) is 2.20. The molecule has 1 aromatic carbocycles. The highest BCUT2D eigenvalue weighted by atomic mass is 32.2. The second-order valence-electron chi connectivity index (χ2n) is 5.56. The molecule has 1 atom stereocenters. The molecular formula is C15H22N2O4S. The number of rotatable bonds is 7. The standard InChI is InChI=1S/C15H22N2O4S/c1-11(15(18)16-10-12-4-3-5-12)17-22(19,20)14-8-6-13(21-2)7-9-14/h6-9,11-12,17H,3-5,10H2,1-2H3,(H,16,18)/t11-/m0/s1. The van der Waals surface area contributed by atoms with E-state index in [9.17, 15) is 13.2 Å². The number of benzene rings is 1. The van der Waals surface area contributed by atoms with Crippen LogP contribution in [0, 0.1) is 5.92 Å². The molecule has 2 rings (SSSR count). The minimum absolute atomic E-state index is 0.104. The molecule has 0 spiro atoms. The van der Waals surface area contributed by atoms with Crippen molar-refractivity contribution in [3.8, 4) is 5.75 Å². The van der Waals surface area contributed by atoms with Gasteiger partial charge in [0.1, 0.15) is 5.75 Å². The highest BCUT2D eigenvalue weighted by molar-refractivity contribution is 7.89. The highest BCUT2D eigenvalue weighted by Crippen LogP contribution is 2.25. The third-order valence-corrected chi connectivity index (χ3v) is 5.44. The van der Waals surface area contributed by atoms with Crippen molar-refractivity contribution < 1.29 is 17.9 Å². The first-order valence-electron chi connectivity index (χ1n) is 7.36. The number of hydrogen-bond donors (Lipinski definition) is 2. The highest BCUT2D eigenvalue weighted by Gasteiger charge is 2.23. The smallest absolute Gasteiger partial charge is 0.241 e. The van der Waals surface area contributed by atoms with Crippen LogP contribution in [-0.2, 0) is 14.8 Å². The fourth-order valence-corrected chi connectivity index (χ4v) is 3.41. The fraction of sp³-hybridized carbons (Fsp3) is 0.533. The number of carbonyl (C=O) groups excluding carboxylic acids is 1. The van der Waals surface area contributed by atoms with Gasteiger partial charge in [0.25, 0.3) is 0 Å². The Kier molecular flexibility index (Phi) is 5.42. The van der Waals surface area contributed by atoms with Gasteiger partial charge in [0.15, 0.2) is 0 Å². The zero-order valence-electron chi connectivity index (χ0n) is 12.8. The zero-order chi connectivity index (χ0) is 16.2. The molecule has 1 aliphatic rings. The molecule has 1 saturated carbocycles. The lowest BCUT2D eigenvalue weighted by molar-refractivity contribution is -0.122. The van der Waals surface area contributed by atoms with Gasteiger partial charge in [0.2, 0.25) is 15.9 Å². The van der Waals surface area contributed by atoms with E-state index in [1.807, 2.05) is 0 Å². The molecule has 0 aliphatic heterocycles. The van der Waals surface area contributed by atoms with Crippen LogP contribution < -0.4 is 14.8 Å². The maximum atomic E-state index is 12.2. The lowest BCUT2D eigenvalue weighted by Crippen LogP contribution is -2.46. The van der Waals surface area contributed by atoms with Crippen molar-refractivity contribution in [2.75, 3.05) is 13.7 Å². The van der Waals surface area contributed by atoms with Gasteiger partial charge in [-0.3, -0.25) is 4.79 Å². The summed E-state index contributed by atoms with van der Waals surface area (Å²) in [5.41, 5.74) is 0. The number of methoxy groups -OCH3 is 1. The van der Waals surface area contributed by atoms with Gasteiger partial charge in [0.05, 0.1) is 18.0 Å². The number of amides is 1. The molecule has 122 valence electrons. The monoisotopic (exact) mass is 326 g/mol. The zero-order valence-corrected chi connectivity index (χ0v) is 13.7. The van der Waals surface area contributed by atoms with Crippen molar-refractivity contribution in [1.29, 1.82) is 0 Å². The van der Waals surface area contributed by atoms with Crippen LogP contribution in [0.5, 0.6) is 5.75 Å². The minimum atomic E-state index is -3.73. The molecule has 1 amide bonds. The second kappa shape index (κ2) is 7.11. The summed E-state index contributed by atoms with van der Waals surface area (Å²) in [6.45, 7) is 2.16. The third-order valence-electron chi connectivity index (χ3n) is 3.88. The largest absolute Gasteiger partial charge is 0.497 e. The van der Waals surface area contributed by atoms with E-state index < -0.39 is 16.1 Å². The predicted octanol–water partition coefficient (Wildman–Crippen LogP) is 1.28. The number of ether oxygens (including phenoxy) is 1. The molecule has 7 heteroatoms. The molecule has 0 heterocycles. The number of hydrogen-bond acceptors (Lipinski definition) is 4. The first-order chi connectivity index (χ1) is 10.4. The minimum Gasteiger partial charge on any atom is -0.497 e. The Bertz CT molecular complexity index is 609. The number of sulfonamides is 1. The lowest BCUT2D eigenvalue weighted by Gasteiger charge is -2.26. The summed E-state index contributed by atoms with van der Waals surface area (Å²) < 4.78 is 31.8. The number of nitrogens with one attached hydrogen (secondary N) is 2. The SMILES string of the molecule is COc1ccc(S(=O)(=O)N[C@@H](C)C(=O)NCC2CCC2)cc1. The van der Waals surface area contributed by atoms with Crippen LogP contribution in [0.15, 0.2) is 29.2 Å². The molecule has 2 N–H and O–H groups in total. The van der Waals surface area contributed by atoms with E-state index >= 15 is 0 Å². The van der Waals surface area contributed by atoms with Gasteiger partial charge < -0.3 is 10.1 Å². The lowest BCUT2D eigenvalue weighted by atomic mass is 9.85. The Balaban J connectivity index is 1.92. The van der Waals surface area contributed by atoms with Crippen LogP contribution in [0.3, 0.4) is 0 Å². The average molecular weight is 326 g/mol. The van der Waals surface area contributed by atoms with E-state index in [0.29, 0.717) is 18.2 Å². The van der Waals surface area contributed by atoms with Gasteiger partial charge in [-0.05, 0) is 49.9 Å². The quantitative estimate of drug-likeness (QED) is 0.790. The maximum absolute atomic E-state index is 12.2. The molecule has 6 nitrogen and oxygen atoms in total. The van der Waals surface area contributed by atoms with Crippen molar-refractivity contribution in [1.82, 2.24) is 10.0 Å². The maximum Gasteiger partial charge on any atom is 0.241 e. The topological polar surface area (TPSA) is 84.5 Å². The Labute approximate surface area is 131 Å². The summed E-state index contributed by atoms with van der Waals surface area (Å²) in [5.74, 6) is 0.809. The first-order valence-corrected chi connectivity index (χ1v) is 8.85. The molecule has 1 aliphatic carbocycles. The molecule has 0 unspecified atom stereocenters. The van der Waals surface area contributed by atoms with Crippen LogP contribution in [0.25, 0.3) is 0 Å². The second-order valence-corrected chi connectivity index (χ2v) is 7.27. The summed E-state index contributed by atoms with van der Waals surface area (Å²) in [4.78, 5) is 12.0. The van der Waals surface area contributed by atoms with Gasteiger partial charge in [0, 0.05) is 6.54 Å². The van der Waals surface area contributed by atoms with E-state index in [2.05, 4.69) is 10.0 Å². The van der Waals surface area contributed by atoms with Gasteiger partial charge in [-0.15, -0.1) is 0 Å². The van der Waals surface area contributed by atoms with Crippen molar-refractivity contribution >= 4 is 15.9 Å². The molecule has 0 bridgehead atoms. The van der Waals surface area contributed by atoms with E-state index in [4.69, 9.17) is 4.74 Å². The summed E-state index contributed by atoms with van der Waals surface area (Å²) in [5, 5.41) is 2.79. The van der Waals surface area contributed by atoms with Crippen molar-refractivity contribution in [2.45, 2.75) is 37.1 Å². The average Bonchev–Trinajstić information content (AvgIpc) is 2.45.